The summed E-state index contributed by atoms with van der Waals surface area (Å²) in [6, 6.07) is 2.34. The van der Waals surface area contributed by atoms with Crippen molar-refractivity contribution < 1.29 is 9.31 Å². The molecule has 0 saturated heterocycles. The van der Waals surface area contributed by atoms with Crippen LogP contribution in [0.15, 0.2) is 16.6 Å². The Balaban J connectivity index is 3.22. The van der Waals surface area contributed by atoms with E-state index >= 15 is 0 Å². The fourth-order valence-electron chi connectivity index (χ4n) is 1.54. The lowest BCUT2D eigenvalue weighted by atomic mass is 9.95. The van der Waals surface area contributed by atoms with E-state index in [-0.39, 0.29) is 21.4 Å². The summed E-state index contributed by atoms with van der Waals surface area (Å²) in [4.78, 5) is 10.5. The normalized spacial score (nSPS) is 11.4. The molecule has 18 heavy (non-hydrogen) atoms. The van der Waals surface area contributed by atoms with Gasteiger partial charge in [-0.25, -0.2) is 4.39 Å². The van der Waals surface area contributed by atoms with Crippen molar-refractivity contribution >= 4 is 27.3 Å². The number of nitrogens with zero attached hydrogens (tertiary/aromatic N) is 1. The van der Waals surface area contributed by atoms with E-state index in [1.807, 2.05) is 20.8 Å². The van der Waals surface area contributed by atoms with Crippen LogP contribution in [0.1, 0.15) is 33.6 Å². The molecule has 0 amide bonds. The summed E-state index contributed by atoms with van der Waals surface area (Å²) in [5, 5.41) is 14.0. The Morgan fingerprint density at radius 3 is 2.44 bits per heavy atom. The number of benzene rings is 1. The molecule has 0 saturated carbocycles. The Hall–Kier alpha value is -1.17. The zero-order valence-corrected chi connectivity index (χ0v) is 12.2. The number of halogens is 2. The molecule has 0 spiro atoms. The van der Waals surface area contributed by atoms with E-state index in [0.717, 1.165) is 18.9 Å². The molecule has 1 N–H and O–H groups in total. The zero-order chi connectivity index (χ0) is 13.9. The first-order valence-corrected chi connectivity index (χ1v) is 6.54. The van der Waals surface area contributed by atoms with Gasteiger partial charge in [-0.15, -0.1) is 0 Å². The first-order valence-electron chi connectivity index (χ1n) is 5.74. The van der Waals surface area contributed by atoms with Crippen molar-refractivity contribution in [3.8, 4) is 0 Å². The minimum Gasteiger partial charge on any atom is -0.374 e. The van der Waals surface area contributed by atoms with Crippen LogP contribution in [0, 0.1) is 15.9 Å². The third kappa shape index (κ3) is 3.19. The van der Waals surface area contributed by atoms with E-state index in [1.165, 1.54) is 6.07 Å². The summed E-state index contributed by atoms with van der Waals surface area (Å²) >= 11 is 2.96. The van der Waals surface area contributed by atoms with Gasteiger partial charge in [0.1, 0.15) is 11.5 Å². The highest BCUT2D eigenvalue weighted by atomic mass is 79.9. The predicted molar refractivity (Wildman–Crippen MR) is 73.4 cm³/mol. The summed E-state index contributed by atoms with van der Waals surface area (Å²) in [5.74, 6) is -0.516. The van der Waals surface area contributed by atoms with Gasteiger partial charge in [0.05, 0.1) is 9.40 Å². The molecule has 0 bridgehead atoms. The average Bonchev–Trinajstić information content (AvgIpc) is 2.33. The molecule has 1 aromatic carbocycles. The molecule has 0 aliphatic rings. The first kappa shape index (κ1) is 14.9. The minimum atomic E-state index is -0.516. The maximum Gasteiger partial charge on any atom is 0.293 e. The summed E-state index contributed by atoms with van der Waals surface area (Å²) in [5.41, 5.74) is -0.200. The van der Waals surface area contributed by atoms with Gasteiger partial charge >= 0.3 is 0 Å². The fraction of sp³-hybridized carbons (Fsp3) is 0.500. The zero-order valence-electron chi connectivity index (χ0n) is 10.6. The molecule has 0 aliphatic carbocycles. The van der Waals surface area contributed by atoms with E-state index in [0.29, 0.717) is 0 Å². The highest BCUT2D eigenvalue weighted by Crippen LogP contribution is 2.33. The van der Waals surface area contributed by atoms with Gasteiger partial charge in [0.2, 0.25) is 0 Å². The van der Waals surface area contributed by atoms with Gasteiger partial charge in [-0.3, -0.25) is 10.1 Å². The molecule has 4 nitrogen and oxygen atoms in total. The molecule has 100 valence electrons. The summed E-state index contributed by atoms with van der Waals surface area (Å²) in [7, 11) is 0. The smallest absolute Gasteiger partial charge is 0.293 e. The molecule has 0 radical (unpaired) electrons. The maximum atomic E-state index is 13.5. The maximum absolute atomic E-state index is 13.5. The van der Waals surface area contributed by atoms with Gasteiger partial charge in [0.25, 0.3) is 5.69 Å². The van der Waals surface area contributed by atoms with Gasteiger partial charge in [0.15, 0.2) is 0 Å². The van der Waals surface area contributed by atoms with E-state index in [1.54, 1.807) is 0 Å². The van der Waals surface area contributed by atoms with Crippen LogP contribution >= 0.6 is 15.9 Å². The second-order valence-corrected chi connectivity index (χ2v) is 5.29. The number of anilines is 1. The van der Waals surface area contributed by atoms with Crippen LogP contribution in [-0.2, 0) is 0 Å². The number of hydrogen-bond acceptors (Lipinski definition) is 3. The Labute approximate surface area is 114 Å². The number of nitro benzene ring substituents is 1. The van der Waals surface area contributed by atoms with Crippen molar-refractivity contribution in [3.05, 3.63) is 32.5 Å². The summed E-state index contributed by atoms with van der Waals surface area (Å²) < 4.78 is 13.6. The molecule has 1 rings (SSSR count). The Bertz CT molecular complexity index is 462. The molecule has 0 aliphatic heterocycles. The average molecular weight is 319 g/mol. The molecule has 0 heterocycles. The SMILES string of the molecule is CCC(C)(CC)Nc1cc(F)c(Br)cc1[N+](=O)[O-]. The van der Waals surface area contributed by atoms with E-state index in [2.05, 4.69) is 21.2 Å². The Morgan fingerprint density at radius 1 is 1.44 bits per heavy atom. The third-order valence-electron chi connectivity index (χ3n) is 3.23. The number of hydrogen-bond donors (Lipinski definition) is 1. The topological polar surface area (TPSA) is 55.2 Å². The lowest BCUT2D eigenvalue weighted by Crippen LogP contribution is -2.33. The van der Waals surface area contributed by atoms with Crippen molar-refractivity contribution in [2.45, 2.75) is 39.2 Å². The number of nitrogens with one attached hydrogen (secondary N) is 1. The van der Waals surface area contributed by atoms with Crippen molar-refractivity contribution in [2.24, 2.45) is 0 Å². The van der Waals surface area contributed by atoms with Crippen LogP contribution in [0.5, 0.6) is 0 Å². The lowest BCUT2D eigenvalue weighted by molar-refractivity contribution is -0.384. The number of rotatable bonds is 5. The van der Waals surface area contributed by atoms with Crippen LogP contribution in [0.3, 0.4) is 0 Å². The van der Waals surface area contributed by atoms with E-state index in [9.17, 15) is 14.5 Å². The highest BCUT2D eigenvalue weighted by Gasteiger charge is 2.25. The van der Waals surface area contributed by atoms with Crippen LogP contribution in [0.2, 0.25) is 0 Å². The third-order valence-corrected chi connectivity index (χ3v) is 3.84. The monoisotopic (exact) mass is 318 g/mol. The molecule has 6 heteroatoms. The van der Waals surface area contributed by atoms with Gasteiger partial charge in [-0.05, 0) is 35.7 Å². The Kier molecular flexibility index (Phi) is 4.67. The van der Waals surface area contributed by atoms with Crippen LogP contribution in [0.25, 0.3) is 0 Å². The second kappa shape index (κ2) is 5.65. The minimum absolute atomic E-state index is 0.0921. The van der Waals surface area contributed by atoms with Gasteiger partial charge in [-0.1, -0.05) is 13.8 Å². The predicted octanol–water partition coefficient (Wildman–Crippen LogP) is 4.49. The van der Waals surface area contributed by atoms with Crippen LogP contribution in [-0.4, -0.2) is 10.5 Å². The first-order chi connectivity index (χ1) is 8.33. The summed E-state index contributed by atoms with van der Waals surface area (Å²) in [6.07, 6.45) is 1.58. The number of nitro groups is 1. The second-order valence-electron chi connectivity index (χ2n) is 4.43. The fourth-order valence-corrected chi connectivity index (χ4v) is 1.87. The molecule has 0 aromatic heterocycles. The summed E-state index contributed by atoms with van der Waals surface area (Å²) in [6.45, 7) is 5.92. The van der Waals surface area contributed by atoms with Crippen LogP contribution < -0.4 is 5.32 Å². The van der Waals surface area contributed by atoms with Gasteiger partial charge in [0, 0.05) is 17.7 Å². The largest absolute Gasteiger partial charge is 0.374 e. The van der Waals surface area contributed by atoms with E-state index < -0.39 is 10.7 Å². The quantitative estimate of drug-likeness (QED) is 0.643. The molecule has 0 unspecified atom stereocenters. The molecule has 0 atom stereocenters. The molecular weight excluding hydrogens is 303 g/mol. The molecule has 0 fully saturated rings. The van der Waals surface area contributed by atoms with Gasteiger partial charge in [-0.2, -0.15) is 0 Å². The van der Waals surface area contributed by atoms with E-state index in [4.69, 9.17) is 0 Å². The lowest BCUT2D eigenvalue weighted by Gasteiger charge is -2.29. The molecular formula is C12H16BrFN2O2. The Morgan fingerprint density at radius 2 is 2.00 bits per heavy atom. The van der Waals surface area contributed by atoms with Crippen molar-refractivity contribution in [3.63, 3.8) is 0 Å². The van der Waals surface area contributed by atoms with Gasteiger partial charge < -0.3 is 5.32 Å². The van der Waals surface area contributed by atoms with Crippen molar-refractivity contribution in [1.29, 1.82) is 0 Å². The highest BCUT2D eigenvalue weighted by molar-refractivity contribution is 9.10. The standard InChI is InChI=1S/C12H16BrFN2O2/c1-4-12(3,5-2)15-10-7-9(14)8(13)6-11(10)16(17)18/h6-7,15H,4-5H2,1-3H3. The van der Waals surface area contributed by atoms with Crippen LogP contribution in [0.4, 0.5) is 15.8 Å². The van der Waals surface area contributed by atoms with Crippen molar-refractivity contribution in [1.82, 2.24) is 0 Å². The molecule has 1 aromatic rings. The van der Waals surface area contributed by atoms with Crippen molar-refractivity contribution in [2.75, 3.05) is 5.32 Å².